The summed E-state index contributed by atoms with van der Waals surface area (Å²) < 4.78 is 36.0. The minimum atomic E-state index is -4.38. The second-order valence-electron chi connectivity index (χ2n) is 14.4. The Morgan fingerprint density at radius 2 is 0.739 bits per heavy atom. The lowest BCUT2D eigenvalue weighted by atomic mass is 9.99. The fraction of sp³-hybridized carbons (Fsp3) is 0.951. The van der Waals surface area contributed by atoms with Gasteiger partial charge in [-0.3, -0.25) is 4.55 Å². The Morgan fingerprint density at radius 1 is 0.457 bits per heavy atom. The number of rotatable bonds is 39. The Labute approximate surface area is 290 Å². The lowest BCUT2D eigenvalue weighted by Gasteiger charge is -2.12. The fourth-order valence-corrected chi connectivity index (χ4v) is 6.99. The lowest BCUT2D eigenvalue weighted by molar-refractivity contribution is 0.234. The van der Waals surface area contributed by atoms with Crippen LogP contribution in [0.1, 0.15) is 239 Å². The van der Waals surface area contributed by atoms with Gasteiger partial charge in [0, 0.05) is 5.92 Å². The van der Waals surface area contributed by atoms with E-state index in [1.165, 1.54) is 205 Å². The molecule has 0 saturated carbocycles. The molecule has 0 aliphatic carbocycles. The normalized spacial score (nSPS) is 12.8. The molecule has 0 aromatic carbocycles. The summed E-state index contributed by atoms with van der Waals surface area (Å²) in [5.74, 6) is 0.0550. The SMILES string of the molecule is CCCCCCCCCCCCCCCCCCC/C=C/C(CCCCCCCCCCCCCCCCCC)COS(=O)(=O)O. The van der Waals surface area contributed by atoms with Crippen molar-refractivity contribution in [3.05, 3.63) is 12.2 Å². The van der Waals surface area contributed by atoms with E-state index in [4.69, 9.17) is 8.74 Å². The van der Waals surface area contributed by atoms with Crippen molar-refractivity contribution in [1.82, 2.24) is 0 Å². The average Bonchev–Trinajstić information content (AvgIpc) is 3.03. The predicted molar refractivity (Wildman–Crippen MR) is 203 cm³/mol. The topological polar surface area (TPSA) is 63.6 Å². The molecule has 0 amide bonds. The summed E-state index contributed by atoms with van der Waals surface area (Å²) in [6.45, 7) is 4.62. The van der Waals surface area contributed by atoms with Gasteiger partial charge in [-0.1, -0.05) is 231 Å². The minimum Gasteiger partial charge on any atom is -0.264 e. The van der Waals surface area contributed by atoms with Gasteiger partial charge in [-0.15, -0.1) is 0 Å². The Morgan fingerprint density at radius 3 is 1.04 bits per heavy atom. The van der Waals surface area contributed by atoms with E-state index in [0.29, 0.717) is 0 Å². The van der Waals surface area contributed by atoms with E-state index in [-0.39, 0.29) is 12.5 Å². The van der Waals surface area contributed by atoms with Crippen molar-refractivity contribution >= 4 is 10.4 Å². The molecule has 5 heteroatoms. The number of hydrogen-bond acceptors (Lipinski definition) is 3. The van der Waals surface area contributed by atoms with Crippen LogP contribution in [-0.2, 0) is 14.6 Å². The fourth-order valence-electron chi connectivity index (χ4n) is 6.64. The van der Waals surface area contributed by atoms with Crippen LogP contribution in [0.2, 0.25) is 0 Å². The molecule has 0 bridgehead atoms. The summed E-state index contributed by atoms with van der Waals surface area (Å²) in [4.78, 5) is 0. The number of allylic oxidation sites excluding steroid dienone is 1. The van der Waals surface area contributed by atoms with Crippen LogP contribution in [0.4, 0.5) is 0 Å². The third-order valence-corrected chi connectivity index (χ3v) is 10.2. The molecule has 46 heavy (non-hydrogen) atoms. The van der Waals surface area contributed by atoms with Crippen LogP contribution in [-0.4, -0.2) is 19.6 Å². The molecule has 1 unspecified atom stereocenters. The molecule has 1 N–H and O–H groups in total. The predicted octanol–water partition coefficient (Wildman–Crippen LogP) is 14.7. The summed E-state index contributed by atoms with van der Waals surface area (Å²) in [7, 11) is -4.38. The largest absolute Gasteiger partial charge is 0.397 e. The van der Waals surface area contributed by atoms with Gasteiger partial charge in [-0.05, 0) is 19.3 Å². The van der Waals surface area contributed by atoms with E-state index in [9.17, 15) is 8.42 Å². The second-order valence-corrected chi connectivity index (χ2v) is 15.5. The maximum Gasteiger partial charge on any atom is 0.397 e. The van der Waals surface area contributed by atoms with E-state index in [1.54, 1.807) is 0 Å². The highest BCUT2D eigenvalue weighted by atomic mass is 32.3. The first-order chi connectivity index (χ1) is 22.5. The van der Waals surface area contributed by atoms with E-state index in [1.807, 2.05) is 0 Å². The van der Waals surface area contributed by atoms with Crippen LogP contribution in [0.5, 0.6) is 0 Å². The van der Waals surface area contributed by atoms with Gasteiger partial charge < -0.3 is 0 Å². The molecule has 0 aliphatic rings. The third-order valence-electron chi connectivity index (χ3n) is 9.74. The van der Waals surface area contributed by atoms with E-state index < -0.39 is 10.4 Å². The Kier molecular flexibility index (Phi) is 37.1. The molecule has 0 heterocycles. The van der Waals surface area contributed by atoms with Gasteiger partial charge in [0.15, 0.2) is 0 Å². The van der Waals surface area contributed by atoms with Crippen molar-refractivity contribution < 1.29 is 17.2 Å². The van der Waals surface area contributed by atoms with Gasteiger partial charge in [0.2, 0.25) is 0 Å². The van der Waals surface area contributed by atoms with E-state index in [2.05, 4.69) is 26.0 Å². The molecule has 4 nitrogen and oxygen atoms in total. The third kappa shape index (κ3) is 39.8. The highest BCUT2D eigenvalue weighted by molar-refractivity contribution is 7.80. The van der Waals surface area contributed by atoms with Crippen molar-refractivity contribution in [2.24, 2.45) is 5.92 Å². The summed E-state index contributed by atoms with van der Waals surface area (Å²) in [6, 6.07) is 0. The number of hydrogen-bond donors (Lipinski definition) is 1. The van der Waals surface area contributed by atoms with Gasteiger partial charge in [-0.2, -0.15) is 8.42 Å². The molecule has 0 rings (SSSR count). The molecule has 276 valence electrons. The first-order valence-electron chi connectivity index (χ1n) is 20.8. The van der Waals surface area contributed by atoms with Crippen LogP contribution in [0.25, 0.3) is 0 Å². The summed E-state index contributed by atoms with van der Waals surface area (Å²) in [5, 5.41) is 0. The molecular weight excluding hydrogens is 589 g/mol. The quantitative estimate of drug-likeness (QED) is 0.0401. The van der Waals surface area contributed by atoms with Crippen molar-refractivity contribution in [2.45, 2.75) is 239 Å². The zero-order chi connectivity index (χ0) is 33.7. The summed E-state index contributed by atoms with van der Waals surface area (Å²) in [6.07, 6.45) is 51.4. The maximum atomic E-state index is 11.1. The monoisotopic (exact) mass is 671 g/mol. The van der Waals surface area contributed by atoms with Gasteiger partial charge in [0.25, 0.3) is 0 Å². The van der Waals surface area contributed by atoms with Crippen molar-refractivity contribution in [1.29, 1.82) is 0 Å². The molecule has 0 aromatic rings. The first-order valence-corrected chi connectivity index (χ1v) is 22.1. The first kappa shape index (κ1) is 45.6. The van der Waals surface area contributed by atoms with Crippen molar-refractivity contribution in [3.63, 3.8) is 0 Å². The minimum absolute atomic E-state index is 0.0487. The highest BCUT2D eigenvalue weighted by Crippen LogP contribution is 2.18. The molecule has 0 spiro atoms. The van der Waals surface area contributed by atoms with Crippen LogP contribution in [0.3, 0.4) is 0 Å². The average molecular weight is 671 g/mol. The van der Waals surface area contributed by atoms with Crippen LogP contribution < -0.4 is 0 Å². The van der Waals surface area contributed by atoms with Gasteiger partial charge in [0.05, 0.1) is 6.61 Å². The summed E-state index contributed by atoms with van der Waals surface area (Å²) >= 11 is 0. The van der Waals surface area contributed by atoms with Gasteiger partial charge in [0.1, 0.15) is 0 Å². The maximum absolute atomic E-state index is 11.1. The second kappa shape index (κ2) is 37.4. The smallest absolute Gasteiger partial charge is 0.264 e. The lowest BCUT2D eigenvalue weighted by Crippen LogP contribution is -2.12. The molecule has 0 aliphatic heterocycles. The Bertz CT molecular complexity index is 705. The number of unbranched alkanes of at least 4 members (excludes halogenated alkanes) is 32. The zero-order valence-electron chi connectivity index (χ0n) is 31.3. The Balaban J connectivity index is 3.69. The molecule has 1 atom stereocenters. The van der Waals surface area contributed by atoms with E-state index in [0.717, 1.165) is 19.3 Å². The summed E-state index contributed by atoms with van der Waals surface area (Å²) in [5.41, 5.74) is 0. The van der Waals surface area contributed by atoms with Gasteiger partial charge in [-0.25, -0.2) is 4.18 Å². The van der Waals surface area contributed by atoms with E-state index >= 15 is 0 Å². The van der Waals surface area contributed by atoms with Crippen LogP contribution in [0, 0.1) is 5.92 Å². The van der Waals surface area contributed by atoms with Gasteiger partial charge >= 0.3 is 10.4 Å². The highest BCUT2D eigenvalue weighted by Gasteiger charge is 2.11. The van der Waals surface area contributed by atoms with Crippen molar-refractivity contribution in [3.8, 4) is 0 Å². The standard InChI is InChI=1S/C41H82O4S/c1-3-5-7-9-11-13-15-17-19-21-22-23-25-27-29-31-33-35-37-39-41(40-45-46(42,43)44)38-36-34-32-30-28-26-24-20-18-16-14-12-10-8-6-4-2/h37,39,41H,3-36,38,40H2,1-2H3,(H,42,43,44)/b39-37+. The van der Waals surface area contributed by atoms with Crippen molar-refractivity contribution in [2.75, 3.05) is 6.61 Å². The Hall–Kier alpha value is -0.390. The molecule has 0 radical (unpaired) electrons. The van der Waals surface area contributed by atoms with Crippen LogP contribution >= 0.6 is 0 Å². The van der Waals surface area contributed by atoms with Crippen LogP contribution in [0.15, 0.2) is 12.2 Å². The molecule has 0 aromatic heterocycles. The zero-order valence-corrected chi connectivity index (χ0v) is 32.1. The molecular formula is C41H82O4S. The molecule has 0 saturated heterocycles. The molecule has 0 fully saturated rings.